The molecule has 7 heteroatoms. The number of amides is 1. The number of carbonyl (C=O) groups excluding carboxylic acids is 1. The van der Waals surface area contributed by atoms with Crippen molar-refractivity contribution < 1.29 is 16.7 Å². The Hall–Kier alpha value is -2.38. The van der Waals surface area contributed by atoms with Gasteiger partial charge in [-0.05, 0) is 65.0 Å². The van der Waals surface area contributed by atoms with E-state index >= 15 is 0 Å². The van der Waals surface area contributed by atoms with Crippen molar-refractivity contribution in [1.29, 1.82) is 0 Å². The van der Waals surface area contributed by atoms with Gasteiger partial charge in [0.1, 0.15) is 23.7 Å². The highest BCUT2D eigenvalue weighted by Gasteiger charge is 2.23. The molecular weight excluding hydrogens is 374 g/mol. The third kappa shape index (κ3) is 4.05. The number of likely N-dealkylation sites (tertiary alicyclic amines) is 1. The van der Waals surface area contributed by atoms with Gasteiger partial charge in [-0.1, -0.05) is 0 Å². The molecule has 1 amide bonds. The van der Waals surface area contributed by atoms with Crippen LogP contribution >= 0.6 is 11.3 Å². The zero-order valence-corrected chi connectivity index (χ0v) is 17.1. The van der Waals surface area contributed by atoms with Gasteiger partial charge in [0.05, 0.1) is 18.2 Å². The summed E-state index contributed by atoms with van der Waals surface area (Å²) in [4.78, 5) is 19.8. The molecule has 0 atom stereocenters. The van der Waals surface area contributed by atoms with Crippen LogP contribution in [-0.4, -0.2) is 42.0 Å². The maximum Gasteiger partial charge on any atom is 0.255 e. The predicted molar refractivity (Wildman–Crippen MR) is 110 cm³/mol. The van der Waals surface area contributed by atoms with Crippen LogP contribution in [0.25, 0.3) is 11.0 Å². The van der Waals surface area contributed by atoms with Gasteiger partial charge in [0, 0.05) is 17.6 Å². The molecule has 3 aromatic rings. The van der Waals surface area contributed by atoms with Crippen molar-refractivity contribution >= 4 is 28.2 Å². The summed E-state index contributed by atoms with van der Waals surface area (Å²) in [6, 6.07) is 5.16. The Balaban J connectivity index is 1.58. The van der Waals surface area contributed by atoms with E-state index in [0.717, 1.165) is 30.9 Å². The normalized spacial score (nSPS) is 17.4. The van der Waals surface area contributed by atoms with E-state index in [1.54, 1.807) is 25.1 Å². The Morgan fingerprint density at radius 3 is 2.93 bits per heavy atom. The molecule has 28 heavy (non-hydrogen) atoms. The van der Waals surface area contributed by atoms with Crippen molar-refractivity contribution in [2.45, 2.75) is 39.3 Å². The number of piperidine rings is 1. The van der Waals surface area contributed by atoms with Crippen LogP contribution in [0.3, 0.4) is 0 Å². The molecular formula is C21H25N3O3S. The number of ether oxygens (including phenoxy) is 1. The average molecular weight is 402 g/mol. The van der Waals surface area contributed by atoms with Crippen molar-refractivity contribution in [2.24, 2.45) is 0 Å². The van der Waals surface area contributed by atoms with Crippen molar-refractivity contribution in [1.82, 2.24) is 15.2 Å². The van der Waals surface area contributed by atoms with E-state index in [9.17, 15) is 4.79 Å². The lowest BCUT2D eigenvalue weighted by Gasteiger charge is -2.29. The largest absolute Gasteiger partial charge is 0.488 e. The third-order valence-electron chi connectivity index (χ3n) is 5.01. The van der Waals surface area contributed by atoms with Gasteiger partial charge in [0.25, 0.3) is 5.91 Å². The summed E-state index contributed by atoms with van der Waals surface area (Å²) in [5.74, 6) is 0.695. The van der Waals surface area contributed by atoms with Gasteiger partial charge < -0.3 is 19.4 Å². The molecule has 3 heterocycles. The Labute approximate surface area is 171 Å². The molecule has 1 aliphatic rings. The molecule has 1 aliphatic heterocycles. The zero-order valence-electron chi connectivity index (χ0n) is 18.2. The smallest absolute Gasteiger partial charge is 0.255 e. The van der Waals surface area contributed by atoms with Gasteiger partial charge >= 0.3 is 0 Å². The van der Waals surface area contributed by atoms with Crippen LogP contribution in [0.2, 0.25) is 0 Å². The highest BCUT2D eigenvalue weighted by Crippen LogP contribution is 2.30. The van der Waals surface area contributed by atoms with Crippen molar-refractivity contribution in [2.75, 3.05) is 20.1 Å². The first-order chi connectivity index (χ1) is 14.2. The highest BCUT2D eigenvalue weighted by atomic mass is 32.1. The van der Waals surface area contributed by atoms with Crippen LogP contribution in [0.4, 0.5) is 0 Å². The highest BCUT2D eigenvalue weighted by molar-refractivity contribution is 7.11. The maximum atomic E-state index is 13.0. The third-order valence-corrected chi connectivity index (χ3v) is 5.82. The number of hydrogen-bond acceptors (Lipinski definition) is 6. The first-order valence-corrected chi connectivity index (χ1v) is 10.2. The SMILES string of the molecule is [2H]C([2H])(Oc1ccc2oc(C)c(C(=O)NC3CCN(C)CC3)c2c1)c1cnc(C)s1. The lowest BCUT2D eigenvalue weighted by molar-refractivity contribution is 0.0917. The quantitative estimate of drug-likeness (QED) is 0.702. The van der Waals surface area contributed by atoms with Gasteiger partial charge in [0.15, 0.2) is 0 Å². The average Bonchev–Trinajstić information content (AvgIpc) is 3.26. The number of furan rings is 1. The molecule has 0 spiro atoms. The van der Waals surface area contributed by atoms with Crippen molar-refractivity contribution in [3.8, 4) is 5.75 Å². The fraction of sp³-hybridized carbons (Fsp3) is 0.429. The number of rotatable bonds is 5. The van der Waals surface area contributed by atoms with Gasteiger partial charge in [-0.3, -0.25) is 4.79 Å². The lowest BCUT2D eigenvalue weighted by Crippen LogP contribution is -2.43. The summed E-state index contributed by atoms with van der Waals surface area (Å²) < 4.78 is 27.9. The van der Waals surface area contributed by atoms with Crippen molar-refractivity contribution in [3.63, 3.8) is 0 Å². The summed E-state index contributed by atoms with van der Waals surface area (Å²) in [5.41, 5.74) is 1.05. The van der Waals surface area contributed by atoms with Gasteiger partial charge in [-0.15, -0.1) is 11.3 Å². The van der Waals surface area contributed by atoms with E-state index in [-0.39, 0.29) is 11.9 Å². The minimum Gasteiger partial charge on any atom is -0.488 e. The number of benzene rings is 1. The molecule has 1 saturated heterocycles. The molecule has 0 aliphatic carbocycles. The number of aromatic nitrogens is 1. The van der Waals surface area contributed by atoms with E-state index in [2.05, 4.69) is 22.2 Å². The summed E-state index contributed by atoms with van der Waals surface area (Å²) in [5, 5.41) is 4.51. The molecule has 1 fully saturated rings. The topological polar surface area (TPSA) is 67.6 Å². The molecule has 0 unspecified atom stereocenters. The molecule has 2 aromatic heterocycles. The first-order valence-electron chi connectivity index (χ1n) is 10.4. The molecule has 4 rings (SSSR count). The first kappa shape index (κ1) is 16.6. The number of hydrogen-bond donors (Lipinski definition) is 1. The second-order valence-electron chi connectivity index (χ2n) is 7.19. The molecule has 0 radical (unpaired) electrons. The van der Waals surface area contributed by atoms with Crippen molar-refractivity contribution in [3.05, 3.63) is 45.6 Å². The second-order valence-corrected chi connectivity index (χ2v) is 8.42. The fourth-order valence-electron chi connectivity index (χ4n) is 3.47. The van der Waals surface area contributed by atoms with Crippen LogP contribution in [-0.2, 0) is 6.56 Å². The zero-order chi connectivity index (χ0) is 21.5. The lowest BCUT2D eigenvalue weighted by atomic mass is 10.0. The predicted octanol–water partition coefficient (Wildman–Crippen LogP) is 3.91. The number of thiazole rings is 1. The summed E-state index contributed by atoms with van der Waals surface area (Å²) >= 11 is 1.25. The molecule has 6 nitrogen and oxygen atoms in total. The van der Waals surface area contributed by atoms with Gasteiger partial charge in [0.2, 0.25) is 0 Å². The number of nitrogens with one attached hydrogen (secondary N) is 1. The van der Waals surface area contributed by atoms with E-state index in [1.807, 2.05) is 6.92 Å². The second kappa shape index (κ2) is 7.93. The number of fused-ring (bicyclic) bond motifs is 1. The Bertz CT molecular complexity index is 1070. The van der Waals surface area contributed by atoms with Crippen LogP contribution in [0.5, 0.6) is 5.75 Å². The van der Waals surface area contributed by atoms with Crippen LogP contribution in [0.1, 0.15) is 41.6 Å². The Morgan fingerprint density at radius 2 is 2.21 bits per heavy atom. The number of nitrogens with zero attached hydrogens (tertiary/aromatic N) is 2. The standard InChI is InChI=1S/C21H25N3O3S/c1-13-20(21(25)23-15-6-8-24(3)9-7-15)18-10-16(4-5-19(18)27-13)26-12-17-11-22-14(2)28-17/h4-5,10-11,15H,6-9,12H2,1-3H3,(H,23,25)/i12D2. The minimum absolute atomic E-state index is 0.140. The molecule has 0 saturated carbocycles. The van der Waals surface area contributed by atoms with Crippen LogP contribution in [0, 0.1) is 13.8 Å². The molecule has 0 bridgehead atoms. The van der Waals surface area contributed by atoms with Gasteiger partial charge in [-0.2, -0.15) is 0 Å². The fourth-order valence-corrected chi connectivity index (χ4v) is 4.09. The van der Waals surface area contributed by atoms with E-state index < -0.39 is 6.56 Å². The summed E-state index contributed by atoms with van der Waals surface area (Å²) in [6.07, 6.45) is 3.32. The van der Waals surface area contributed by atoms with E-state index in [0.29, 0.717) is 32.9 Å². The summed E-state index contributed by atoms with van der Waals surface area (Å²) in [7, 11) is 2.08. The van der Waals surface area contributed by atoms with E-state index in [4.69, 9.17) is 11.9 Å². The minimum atomic E-state index is -2.02. The monoisotopic (exact) mass is 401 g/mol. The summed E-state index contributed by atoms with van der Waals surface area (Å²) in [6.45, 7) is 3.48. The number of aryl methyl sites for hydroxylation is 2. The molecule has 1 aromatic carbocycles. The molecule has 1 N–H and O–H groups in total. The maximum absolute atomic E-state index is 13.0. The van der Waals surface area contributed by atoms with Crippen LogP contribution in [0.15, 0.2) is 28.8 Å². The van der Waals surface area contributed by atoms with E-state index in [1.165, 1.54) is 17.5 Å². The molecule has 148 valence electrons. The Morgan fingerprint density at radius 1 is 1.43 bits per heavy atom. The number of carbonyl (C=O) groups is 1. The van der Waals surface area contributed by atoms with Gasteiger partial charge in [-0.25, -0.2) is 4.98 Å². The Kier molecular flexibility index (Phi) is 4.69. The van der Waals surface area contributed by atoms with Crippen LogP contribution < -0.4 is 10.1 Å².